The summed E-state index contributed by atoms with van der Waals surface area (Å²) in [6.45, 7) is 6.17. The zero-order valence-electron chi connectivity index (χ0n) is 13.4. The van der Waals surface area contributed by atoms with E-state index in [2.05, 4.69) is 10.4 Å². The highest BCUT2D eigenvalue weighted by atomic mass is 35.5. The number of carbonyl (C=O) groups is 1. The maximum absolute atomic E-state index is 12.1. The second kappa shape index (κ2) is 7.80. The van der Waals surface area contributed by atoms with Crippen molar-refractivity contribution in [3.8, 4) is 0 Å². The van der Waals surface area contributed by atoms with Crippen molar-refractivity contribution < 1.29 is 9.90 Å². The minimum atomic E-state index is -0.813. The van der Waals surface area contributed by atoms with E-state index in [4.69, 9.17) is 11.6 Å². The number of hydrogen-bond donors (Lipinski definition) is 2. The van der Waals surface area contributed by atoms with Gasteiger partial charge in [0.1, 0.15) is 5.15 Å². The molecule has 6 heteroatoms. The minimum Gasteiger partial charge on any atom is -0.388 e. The fourth-order valence-corrected chi connectivity index (χ4v) is 2.83. The van der Waals surface area contributed by atoms with Crippen molar-refractivity contribution in [1.82, 2.24) is 15.1 Å². The summed E-state index contributed by atoms with van der Waals surface area (Å²) < 4.78 is 1.56. The number of nitrogens with one attached hydrogen (secondary N) is 1. The summed E-state index contributed by atoms with van der Waals surface area (Å²) in [7, 11) is 1.75. The Labute approximate surface area is 131 Å². The van der Waals surface area contributed by atoms with Crippen LogP contribution < -0.4 is 5.32 Å². The number of carbonyl (C=O) groups excluding carboxylic acids is 1. The van der Waals surface area contributed by atoms with E-state index in [1.807, 2.05) is 20.8 Å². The molecule has 0 saturated heterocycles. The standard InChI is InChI=1S/C15H26ClN3O2/c1-5-7-15(21,8-6-2)10-17-13(20)9-12-11(3)18-19(4)14(12)16/h21H,5-10H2,1-4H3,(H,17,20). The Morgan fingerprint density at radius 1 is 1.38 bits per heavy atom. The van der Waals surface area contributed by atoms with Crippen LogP contribution in [0.3, 0.4) is 0 Å². The molecule has 1 aromatic rings. The van der Waals surface area contributed by atoms with Crippen molar-refractivity contribution in [1.29, 1.82) is 0 Å². The van der Waals surface area contributed by atoms with E-state index < -0.39 is 5.60 Å². The molecule has 0 aliphatic carbocycles. The van der Waals surface area contributed by atoms with Crippen LogP contribution in [0.5, 0.6) is 0 Å². The van der Waals surface area contributed by atoms with Gasteiger partial charge < -0.3 is 10.4 Å². The van der Waals surface area contributed by atoms with Gasteiger partial charge in [-0.3, -0.25) is 9.48 Å². The number of halogens is 1. The highest BCUT2D eigenvalue weighted by Gasteiger charge is 2.25. The lowest BCUT2D eigenvalue weighted by atomic mass is 9.92. The molecule has 120 valence electrons. The van der Waals surface area contributed by atoms with E-state index in [1.54, 1.807) is 11.7 Å². The predicted molar refractivity (Wildman–Crippen MR) is 84.4 cm³/mol. The van der Waals surface area contributed by atoms with Gasteiger partial charge in [-0.25, -0.2) is 0 Å². The predicted octanol–water partition coefficient (Wildman–Crippen LogP) is 2.37. The second-order valence-electron chi connectivity index (χ2n) is 5.66. The molecule has 1 rings (SSSR count). The van der Waals surface area contributed by atoms with Gasteiger partial charge in [-0.05, 0) is 19.8 Å². The van der Waals surface area contributed by atoms with Crippen LogP contribution in [0.15, 0.2) is 0 Å². The summed E-state index contributed by atoms with van der Waals surface area (Å²) >= 11 is 6.12. The van der Waals surface area contributed by atoms with Crippen LogP contribution in [0.4, 0.5) is 0 Å². The molecule has 0 bridgehead atoms. The fourth-order valence-electron chi connectivity index (χ4n) is 2.59. The summed E-state index contributed by atoms with van der Waals surface area (Å²) in [5.41, 5.74) is 0.689. The van der Waals surface area contributed by atoms with Crippen molar-refractivity contribution in [2.24, 2.45) is 7.05 Å². The number of aryl methyl sites for hydroxylation is 2. The van der Waals surface area contributed by atoms with Gasteiger partial charge in [-0.2, -0.15) is 5.10 Å². The van der Waals surface area contributed by atoms with Crippen LogP contribution in [0, 0.1) is 6.92 Å². The fraction of sp³-hybridized carbons (Fsp3) is 0.733. The summed E-state index contributed by atoms with van der Waals surface area (Å²) in [6, 6.07) is 0. The highest BCUT2D eigenvalue weighted by molar-refractivity contribution is 6.30. The zero-order chi connectivity index (χ0) is 16.0. The molecule has 0 aliphatic heterocycles. The number of hydrogen-bond acceptors (Lipinski definition) is 3. The largest absolute Gasteiger partial charge is 0.388 e. The molecule has 5 nitrogen and oxygen atoms in total. The topological polar surface area (TPSA) is 67.2 Å². The van der Waals surface area contributed by atoms with Crippen LogP contribution in [-0.2, 0) is 18.3 Å². The average Bonchev–Trinajstić information content (AvgIpc) is 2.64. The van der Waals surface area contributed by atoms with E-state index in [-0.39, 0.29) is 18.9 Å². The summed E-state index contributed by atoms with van der Waals surface area (Å²) in [5, 5.41) is 18.0. The maximum Gasteiger partial charge on any atom is 0.224 e. The highest BCUT2D eigenvalue weighted by Crippen LogP contribution is 2.20. The smallest absolute Gasteiger partial charge is 0.224 e. The zero-order valence-corrected chi connectivity index (χ0v) is 14.1. The molecular weight excluding hydrogens is 290 g/mol. The molecule has 0 unspecified atom stereocenters. The number of aliphatic hydroxyl groups is 1. The van der Waals surface area contributed by atoms with Crippen LogP contribution >= 0.6 is 11.6 Å². The number of aromatic nitrogens is 2. The SMILES string of the molecule is CCCC(O)(CCC)CNC(=O)Cc1c(C)nn(C)c1Cl. The first-order chi connectivity index (χ1) is 9.83. The third-order valence-corrected chi connectivity index (χ3v) is 4.13. The van der Waals surface area contributed by atoms with E-state index in [1.165, 1.54) is 0 Å². The summed E-state index contributed by atoms with van der Waals surface area (Å²) in [6.07, 6.45) is 3.34. The second-order valence-corrected chi connectivity index (χ2v) is 6.01. The normalized spacial score (nSPS) is 11.7. The van der Waals surface area contributed by atoms with Gasteiger partial charge in [0, 0.05) is 19.2 Å². The molecule has 0 spiro atoms. The first kappa shape index (κ1) is 18.0. The molecule has 0 aliphatic rings. The Kier molecular flexibility index (Phi) is 6.68. The molecule has 1 aromatic heterocycles. The monoisotopic (exact) mass is 315 g/mol. The summed E-state index contributed by atoms with van der Waals surface area (Å²) in [5.74, 6) is -0.140. The Bertz CT molecular complexity index is 480. The van der Waals surface area contributed by atoms with Gasteiger partial charge in [0.15, 0.2) is 0 Å². The quantitative estimate of drug-likeness (QED) is 0.774. The Morgan fingerprint density at radius 2 is 1.95 bits per heavy atom. The average molecular weight is 316 g/mol. The number of rotatable bonds is 8. The number of amides is 1. The molecule has 2 N–H and O–H groups in total. The van der Waals surface area contributed by atoms with Crippen LogP contribution in [0.25, 0.3) is 0 Å². The van der Waals surface area contributed by atoms with Crippen LogP contribution in [-0.4, -0.2) is 32.9 Å². The molecule has 0 radical (unpaired) electrons. The lowest BCUT2D eigenvalue weighted by Gasteiger charge is -2.27. The molecule has 0 atom stereocenters. The van der Waals surface area contributed by atoms with Gasteiger partial charge in [-0.15, -0.1) is 0 Å². The molecule has 1 heterocycles. The minimum absolute atomic E-state index is 0.140. The van der Waals surface area contributed by atoms with Gasteiger partial charge in [-0.1, -0.05) is 38.3 Å². The van der Waals surface area contributed by atoms with Crippen LogP contribution in [0.2, 0.25) is 5.15 Å². The van der Waals surface area contributed by atoms with Crippen molar-refractivity contribution in [2.45, 2.75) is 58.5 Å². The third kappa shape index (κ3) is 5.00. The van der Waals surface area contributed by atoms with Gasteiger partial charge in [0.2, 0.25) is 5.91 Å². The van der Waals surface area contributed by atoms with Gasteiger partial charge in [0.25, 0.3) is 0 Å². The number of nitrogens with zero attached hydrogens (tertiary/aromatic N) is 2. The molecule has 1 amide bonds. The van der Waals surface area contributed by atoms with E-state index in [0.29, 0.717) is 18.0 Å². The van der Waals surface area contributed by atoms with Crippen molar-refractivity contribution >= 4 is 17.5 Å². The molecule has 0 aromatic carbocycles. The lowest BCUT2D eigenvalue weighted by molar-refractivity contribution is -0.121. The van der Waals surface area contributed by atoms with E-state index in [9.17, 15) is 9.90 Å². The molecule has 0 saturated carbocycles. The first-order valence-electron chi connectivity index (χ1n) is 7.50. The Hall–Kier alpha value is -1.07. The molecule has 21 heavy (non-hydrogen) atoms. The van der Waals surface area contributed by atoms with E-state index in [0.717, 1.165) is 24.1 Å². The maximum atomic E-state index is 12.1. The van der Waals surface area contributed by atoms with E-state index >= 15 is 0 Å². The summed E-state index contributed by atoms with van der Waals surface area (Å²) in [4.78, 5) is 12.1. The molecule has 0 fully saturated rings. The molecular formula is C15H26ClN3O2. The van der Waals surface area contributed by atoms with Crippen molar-refractivity contribution in [2.75, 3.05) is 6.54 Å². The van der Waals surface area contributed by atoms with Gasteiger partial charge in [0.05, 0.1) is 17.7 Å². The third-order valence-electron chi connectivity index (χ3n) is 3.65. The Balaban J connectivity index is 2.61. The van der Waals surface area contributed by atoms with Crippen molar-refractivity contribution in [3.05, 3.63) is 16.4 Å². The van der Waals surface area contributed by atoms with Crippen LogP contribution in [0.1, 0.15) is 50.8 Å². The Morgan fingerprint density at radius 3 is 2.38 bits per heavy atom. The van der Waals surface area contributed by atoms with Gasteiger partial charge >= 0.3 is 0 Å². The van der Waals surface area contributed by atoms with Crippen molar-refractivity contribution in [3.63, 3.8) is 0 Å². The first-order valence-corrected chi connectivity index (χ1v) is 7.87. The lowest BCUT2D eigenvalue weighted by Crippen LogP contribution is -2.43.